The minimum Gasteiger partial charge on any atom is -0.497 e. The van der Waals surface area contributed by atoms with Gasteiger partial charge >= 0.3 is 12.2 Å². The summed E-state index contributed by atoms with van der Waals surface area (Å²) < 4.78 is 26.8. The molecule has 65 heavy (non-hydrogen) atoms. The highest BCUT2D eigenvalue weighted by Crippen LogP contribution is 2.26. The van der Waals surface area contributed by atoms with Crippen LogP contribution in [0.15, 0.2) is 61.2 Å². The number of aromatic nitrogens is 8. The number of nitrogens with two attached hydrogens (primary N) is 1. The summed E-state index contributed by atoms with van der Waals surface area (Å²) in [6.07, 6.45) is 4.15. The van der Waals surface area contributed by atoms with Gasteiger partial charge in [0.05, 0.1) is 27.3 Å². The van der Waals surface area contributed by atoms with Gasteiger partial charge in [-0.15, -0.1) is 0 Å². The van der Waals surface area contributed by atoms with Crippen LogP contribution in [0.4, 0.5) is 15.4 Å². The summed E-state index contributed by atoms with van der Waals surface area (Å²) in [4.78, 5) is 53.5. The van der Waals surface area contributed by atoms with Gasteiger partial charge in [0.25, 0.3) is 0 Å². The van der Waals surface area contributed by atoms with Crippen molar-refractivity contribution in [1.82, 2.24) is 48.8 Å². The van der Waals surface area contributed by atoms with Gasteiger partial charge in [-0.25, -0.2) is 39.5 Å². The van der Waals surface area contributed by atoms with Crippen LogP contribution < -0.4 is 20.5 Å². The molecule has 348 valence electrons. The lowest BCUT2D eigenvalue weighted by Crippen LogP contribution is -2.36. The summed E-state index contributed by atoms with van der Waals surface area (Å²) in [5.74, 6) is 2.34. The monoisotopic (exact) mass is 1140 g/mol. The first-order valence-electron chi connectivity index (χ1n) is 20.9. The molecular weight excluding hydrogens is 1080 g/mol. The van der Waals surface area contributed by atoms with E-state index in [0.29, 0.717) is 49.2 Å². The minimum absolute atomic E-state index is 0.0741. The van der Waals surface area contributed by atoms with Crippen LogP contribution in [0.5, 0.6) is 11.5 Å². The fourth-order valence-electron chi connectivity index (χ4n) is 6.85. The molecule has 2 amide bonds. The van der Waals surface area contributed by atoms with Crippen LogP contribution in [0.3, 0.4) is 0 Å². The van der Waals surface area contributed by atoms with E-state index in [1.165, 1.54) is 6.33 Å². The molecule has 8 rings (SSSR count). The van der Waals surface area contributed by atoms with E-state index in [1.54, 1.807) is 30.3 Å². The van der Waals surface area contributed by atoms with Gasteiger partial charge in [0.15, 0.2) is 35.4 Å². The van der Waals surface area contributed by atoms with Gasteiger partial charge in [-0.05, 0) is 89.8 Å². The molecule has 2 atom stereocenters. The third-order valence-electron chi connectivity index (χ3n) is 9.98. The summed E-state index contributed by atoms with van der Waals surface area (Å²) in [5, 5.41) is 3.83. The molecule has 4 aromatic heterocycles. The fourth-order valence-corrected chi connectivity index (χ4v) is 8.30. The van der Waals surface area contributed by atoms with Crippen LogP contribution >= 0.6 is 56.8 Å². The van der Waals surface area contributed by atoms with Crippen molar-refractivity contribution in [3.05, 3.63) is 85.1 Å². The van der Waals surface area contributed by atoms with Crippen LogP contribution in [0.1, 0.15) is 65.5 Å². The Hall–Kier alpha value is -4.81. The number of imidazole rings is 2. The number of ether oxygens (including phenoxy) is 4. The number of amides is 2. The van der Waals surface area contributed by atoms with Crippen molar-refractivity contribution in [3.63, 3.8) is 0 Å². The van der Waals surface area contributed by atoms with Crippen molar-refractivity contribution < 1.29 is 28.5 Å². The summed E-state index contributed by atoms with van der Waals surface area (Å²) in [6.45, 7) is 15.1. The first-order chi connectivity index (χ1) is 30.8. The smallest absolute Gasteiger partial charge is 0.410 e. The van der Waals surface area contributed by atoms with Crippen LogP contribution in [-0.2, 0) is 22.6 Å². The molecule has 0 spiro atoms. The molecule has 18 nitrogen and oxygen atoms in total. The molecular formula is C44H55ClI2N12O6. The molecule has 6 heterocycles. The van der Waals surface area contributed by atoms with E-state index in [0.717, 1.165) is 66.5 Å². The van der Waals surface area contributed by atoms with E-state index in [4.69, 9.17) is 41.3 Å². The van der Waals surface area contributed by atoms with Crippen molar-refractivity contribution in [2.75, 3.05) is 45.7 Å². The number of fused-ring (bicyclic) bond motifs is 2. The highest BCUT2D eigenvalue weighted by atomic mass is 127. The lowest BCUT2D eigenvalue weighted by molar-refractivity contribution is 0.0282. The summed E-state index contributed by atoms with van der Waals surface area (Å²) in [6, 6.07) is 16.0. The Morgan fingerprint density at radius 3 is 1.65 bits per heavy atom. The van der Waals surface area contributed by atoms with Crippen molar-refractivity contribution in [1.29, 1.82) is 0 Å². The number of hydrogen-bond donors (Lipinski definition) is 2. The average molecular weight is 1140 g/mol. The van der Waals surface area contributed by atoms with Gasteiger partial charge in [0, 0.05) is 83.4 Å². The molecule has 2 aliphatic rings. The molecule has 0 saturated carbocycles. The van der Waals surface area contributed by atoms with Crippen molar-refractivity contribution in [2.45, 2.75) is 90.8 Å². The average Bonchev–Trinajstić information content (AvgIpc) is 4.05. The van der Waals surface area contributed by atoms with Crippen molar-refractivity contribution in [3.8, 4) is 11.5 Å². The van der Waals surface area contributed by atoms with E-state index in [-0.39, 0.29) is 24.3 Å². The van der Waals surface area contributed by atoms with Crippen molar-refractivity contribution in [2.24, 2.45) is 5.73 Å². The van der Waals surface area contributed by atoms with Gasteiger partial charge in [-0.3, -0.25) is 9.13 Å². The number of hydrogen-bond acceptors (Lipinski definition) is 14. The maximum absolute atomic E-state index is 12.4. The number of benzene rings is 2. The predicted molar refractivity (Wildman–Crippen MR) is 266 cm³/mol. The Kier molecular flexibility index (Phi) is 16.5. The third kappa shape index (κ3) is 13.6. The number of carbonyl (C=O) groups is 2. The third-order valence-corrected chi connectivity index (χ3v) is 11.9. The summed E-state index contributed by atoms with van der Waals surface area (Å²) >= 11 is 10.4. The quantitative estimate of drug-likeness (QED) is 0.0843. The molecule has 21 heteroatoms. The second-order valence-electron chi connectivity index (χ2n) is 17.4. The molecule has 3 N–H and O–H groups in total. The van der Waals surface area contributed by atoms with Crippen LogP contribution in [0.25, 0.3) is 22.3 Å². The molecule has 2 fully saturated rings. The number of likely N-dealkylation sites (tertiary alicyclic amines) is 2. The Labute approximate surface area is 410 Å². The zero-order valence-electron chi connectivity index (χ0n) is 37.7. The van der Waals surface area contributed by atoms with Gasteiger partial charge in [-0.1, -0.05) is 35.9 Å². The Morgan fingerprint density at radius 2 is 1.17 bits per heavy atom. The zero-order valence-corrected chi connectivity index (χ0v) is 42.8. The number of methoxy groups -OCH3 is 2. The normalized spacial score (nSPS) is 16.1. The number of nitrogens with zero attached hydrogens (tertiary/aromatic N) is 10. The summed E-state index contributed by atoms with van der Waals surface area (Å²) in [7, 11) is 3.31. The topological polar surface area (TPSA) is 203 Å². The van der Waals surface area contributed by atoms with Crippen LogP contribution in [0, 0.1) is 7.66 Å². The Morgan fingerprint density at radius 1 is 0.708 bits per heavy atom. The first kappa shape index (κ1) is 49.6. The molecule has 0 aliphatic carbocycles. The highest BCUT2D eigenvalue weighted by Gasteiger charge is 2.31. The zero-order chi connectivity index (χ0) is 47.1. The highest BCUT2D eigenvalue weighted by molar-refractivity contribution is 14.1. The van der Waals surface area contributed by atoms with Gasteiger partial charge in [0.2, 0.25) is 0 Å². The number of nitrogens with one attached hydrogen (secondary N) is 1. The molecule has 2 aliphatic heterocycles. The standard InChI is InChI=1S/C22H27IN6O3.C13H10ClIN4O.C9H18N2O2/c1-22(2,3)32-21(30)28-10-9-15(12-28)26-18-17-19(25-13-24-18)29(20(23)27-17)11-14-5-7-16(31-4)8-6-14;1-20-9-4-2-8(3-5-9)6-19-12-10(18-13(19)15)11(14)16-7-17-12;1-9(2,3)13-8(12)11-5-4-7(10)6-11/h5-8,13,15H,9-12H2,1-4H3,(H,24,25,26);2-5,7H,6H2,1H3;7H,4-6,10H2,1-3H3/t15-;;7-/m1.1/s1. The molecule has 0 unspecified atom stereocenters. The van der Waals surface area contributed by atoms with Gasteiger partial charge < -0.3 is 39.8 Å². The van der Waals surface area contributed by atoms with Gasteiger partial charge in [-0.2, -0.15) is 0 Å². The molecule has 6 aromatic rings. The van der Waals surface area contributed by atoms with E-state index in [2.05, 4.69) is 80.0 Å². The molecule has 2 saturated heterocycles. The van der Waals surface area contributed by atoms with Crippen LogP contribution in [0.2, 0.25) is 5.15 Å². The Bertz CT molecular complexity index is 2560. The first-order valence-corrected chi connectivity index (χ1v) is 23.5. The van der Waals surface area contributed by atoms with E-state index in [9.17, 15) is 9.59 Å². The Balaban J connectivity index is 0.000000180. The van der Waals surface area contributed by atoms with E-state index >= 15 is 0 Å². The molecule has 0 radical (unpaired) electrons. The fraction of sp³-hybridized carbons (Fsp3) is 0.455. The predicted octanol–water partition coefficient (Wildman–Crippen LogP) is 8.00. The maximum Gasteiger partial charge on any atom is 0.410 e. The number of anilines is 1. The lowest BCUT2D eigenvalue weighted by Gasteiger charge is -2.24. The molecule has 2 aromatic carbocycles. The SMILES string of the molecule is CC(C)(C)OC(=O)N1CC[C@@H](N)C1.COc1ccc(Cn2c(I)nc3c(Cl)ncnc32)cc1.COc1ccc(Cn2c(I)nc3c(N[C@@H]4CCN(C(=O)OC(C)(C)C)C4)ncnc32)cc1. The molecule has 0 bridgehead atoms. The second-order valence-corrected chi connectivity index (χ2v) is 19.7. The second kappa shape index (κ2) is 21.7. The maximum atomic E-state index is 12.4. The van der Waals surface area contributed by atoms with Crippen molar-refractivity contribution >= 4 is 97.1 Å². The minimum atomic E-state index is -0.505. The van der Waals surface area contributed by atoms with E-state index < -0.39 is 11.2 Å². The summed E-state index contributed by atoms with van der Waals surface area (Å²) in [5.41, 5.74) is 9.88. The number of carbonyl (C=O) groups excluding carboxylic acids is 2. The lowest BCUT2D eigenvalue weighted by atomic mass is 10.2. The van der Waals surface area contributed by atoms with E-state index in [1.807, 2.05) is 94.6 Å². The van der Waals surface area contributed by atoms with Crippen LogP contribution in [-0.4, -0.2) is 125 Å². The van der Waals surface area contributed by atoms with Gasteiger partial charge in [0.1, 0.15) is 40.9 Å². The number of halogens is 3. The largest absolute Gasteiger partial charge is 0.497 e. The number of rotatable bonds is 8.